The van der Waals surface area contributed by atoms with E-state index in [0.717, 1.165) is 12.0 Å². The number of nitrogens with zero attached hydrogens (tertiary/aromatic N) is 3. The maximum atomic E-state index is 13.1. The lowest BCUT2D eigenvalue weighted by molar-refractivity contribution is -0.121. The fourth-order valence-electron chi connectivity index (χ4n) is 5.94. The van der Waals surface area contributed by atoms with Crippen LogP contribution in [0, 0.1) is 62.6 Å². The third-order valence-electron chi connectivity index (χ3n) is 7.21. The molecule has 130 valence electrons. The Morgan fingerprint density at radius 3 is 2.30 bits per heavy atom. The van der Waals surface area contributed by atoms with Crippen LogP contribution in [0.1, 0.15) is 24.0 Å². The standard InChI is InChI=1S/C23H17N3O/c24-11-16-10-22-8-7-15-3-1-14(2-4-15)5-6-19(27)20-21(22)23(20,13-26)18(16)9-17(22)12-25/h1-4,9-10,18,20-21H,5-8H2/t18-,20-,21+,22-,23+/m1/s1. The van der Waals surface area contributed by atoms with Crippen molar-refractivity contribution in [2.45, 2.75) is 25.7 Å². The Hall–Kier alpha value is -3.16. The predicted molar refractivity (Wildman–Crippen MR) is 96.4 cm³/mol. The molecule has 4 bridgehead atoms. The van der Waals surface area contributed by atoms with E-state index in [1.165, 1.54) is 5.56 Å². The van der Waals surface area contributed by atoms with E-state index in [4.69, 9.17) is 0 Å². The largest absolute Gasteiger partial charge is 0.299 e. The molecule has 4 nitrogen and oxygen atoms in total. The van der Waals surface area contributed by atoms with Gasteiger partial charge >= 0.3 is 0 Å². The number of benzene rings is 1. The zero-order valence-corrected chi connectivity index (χ0v) is 14.8. The normalized spacial score (nSPS) is 38.1. The lowest BCUT2D eigenvalue weighted by Gasteiger charge is -2.43. The summed E-state index contributed by atoms with van der Waals surface area (Å²) in [6.07, 6.45) is 6.19. The van der Waals surface area contributed by atoms with Crippen molar-refractivity contribution in [3.8, 4) is 18.2 Å². The molecule has 6 aliphatic carbocycles. The number of hydrogen-bond acceptors (Lipinski definition) is 4. The van der Waals surface area contributed by atoms with Crippen molar-refractivity contribution in [1.82, 2.24) is 0 Å². The van der Waals surface area contributed by atoms with Crippen molar-refractivity contribution >= 4 is 5.78 Å². The average molecular weight is 351 g/mol. The molecular weight excluding hydrogens is 334 g/mol. The van der Waals surface area contributed by atoms with E-state index in [1.807, 2.05) is 12.2 Å². The molecule has 1 fully saturated rings. The number of fused-ring (bicyclic) bond motifs is 5. The molecule has 27 heavy (non-hydrogen) atoms. The van der Waals surface area contributed by atoms with Gasteiger partial charge in [0.05, 0.1) is 23.6 Å². The summed E-state index contributed by atoms with van der Waals surface area (Å²) in [5, 5.41) is 29.6. The van der Waals surface area contributed by atoms with E-state index >= 15 is 0 Å². The van der Waals surface area contributed by atoms with E-state index in [0.29, 0.717) is 30.4 Å². The summed E-state index contributed by atoms with van der Waals surface area (Å²) in [7, 11) is 0. The second-order valence-corrected chi connectivity index (χ2v) is 8.20. The molecule has 0 aromatic heterocycles. The Kier molecular flexibility index (Phi) is 3.08. The molecule has 1 spiro atoms. The van der Waals surface area contributed by atoms with Gasteiger partial charge in [-0.3, -0.25) is 4.79 Å². The second-order valence-electron chi connectivity index (χ2n) is 8.20. The van der Waals surface area contributed by atoms with E-state index in [9.17, 15) is 20.6 Å². The predicted octanol–water partition coefficient (Wildman–Crippen LogP) is 3.42. The molecule has 5 atom stereocenters. The van der Waals surface area contributed by atoms with Gasteiger partial charge in [-0.15, -0.1) is 0 Å². The van der Waals surface area contributed by atoms with Crippen LogP contribution in [0.3, 0.4) is 0 Å². The summed E-state index contributed by atoms with van der Waals surface area (Å²) in [6.45, 7) is 0. The minimum atomic E-state index is -0.847. The zero-order chi connectivity index (χ0) is 18.8. The van der Waals surface area contributed by atoms with Gasteiger partial charge in [-0.1, -0.05) is 36.4 Å². The summed E-state index contributed by atoms with van der Waals surface area (Å²) in [4.78, 5) is 13.1. The van der Waals surface area contributed by atoms with Crippen molar-refractivity contribution in [2.24, 2.45) is 28.6 Å². The maximum absolute atomic E-state index is 13.1. The van der Waals surface area contributed by atoms with Crippen molar-refractivity contribution in [1.29, 1.82) is 15.8 Å². The van der Waals surface area contributed by atoms with Crippen LogP contribution in [-0.2, 0) is 17.6 Å². The first-order valence-electron chi connectivity index (χ1n) is 9.38. The van der Waals surface area contributed by atoms with Gasteiger partial charge in [-0.05, 0) is 30.4 Å². The third-order valence-corrected chi connectivity index (χ3v) is 7.21. The Morgan fingerprint density at radius 1 is 0.963 bits per heavy atom. The van der Waals surface area contributed by atoms with Crippen LogP contribution in [0.2, 0.25) is 0 Å². The highest BCUT2D eigenvalue weighted by atomic mass is 16.1. The van der Waals surface area contributed by atoms with Crippen molar-refractivity contribution in [3.05, 3.63) is 58.7 Å². The minimum Gasteiger partial charge on any atom is -0.299 e. The van der Waals surface area contributed by atoms with Crippen molar-refractivity contribution < 1.29 is 4.79 Å². The van der Waals surface area contributed by atoms with Crippen molar-refractivity contribution in [3.63, 3.8) is 0 Å². The van der Waals surface area contributed by atoms with Crippen LogP contribution >= 0.6 is 0 Å². The van der Waals surface area contributed by atoms with E-state index in [1.54, 1.807) is 0 Å². The zero-order valence-electron chi connectivity index (χ0n) is 14.8. The molecule has 1 aromatic carbocycles. The number of ketones is 1. The fraction of sp³-hybridized carbons (Fsp3) is 0.391. The highest BCUT2D eigenvalue weighted by Gasteiger charge is 2.81. The van der Waals surface area contributed by atoms with Gasteiger partial charge in [0.25, 0.3) is 0 Å². The topological polar surface area (TPSA) is 88.4 Å². The summed E-state index contributed by atoms with van der Waals surface area (Å²) in [6, 6.07) is 15.3. The number of nitriles is 3. The number of hydrogen-bond donors (Lipinski definition) is 0. The first-order valence-corrected chi connectivity index (χ1v) is 9.38. The molecule has 0 aliphatic heterocycles. The number of allylic oxidation sites excluding steroid dienone is 4. The lowest BCUT2D eigenvalue weighted by Crippen LogP contribution is -2.39. The van der Waals surface area contributed by atoms with Gasteiger partial charge in [0.1, 0.15) is 5.78 Å². The Bertz CT molecular complexity index is 1060. The van der Waals surface area contributed by atoms with Gasteiger partial charge < -0.3 is 0 Å². The maximum Gasteiger partial charge on any atom is 0.138 e. The van der Waals surface area contributed by atoms with Gasteiger partial charge in [-0.2, -0.15) is 15.8 Å². The van der Waals surface area contributed by atoms with Crippen LogP contribution in [0.15, 0.2) is 47.6 Å². The SMILES string of the molecule is N#CC1=C[C@@]23CCc4ccc(cc4)CCC(=O)[C@@H]4[C@@H]2[C@@]4(C#N)[C@@H]1C=C3C#N. The van der Waals surface area contributed by atoms with Gasteiger partial charge in [0, 0.05) is 40.7 Å². The lowest BCUT2D eigenvalue weighted by atomic mass is 9.57. The number of carbonyl (C=O) groups is 1. The summed E-state index contributed by atoms with van der Waals surface area (Å²) >= 11 is 0. The minimum absolute atomic E-state index is 0.0979. The summed E-state index contributed by atoms with van der Waals surface area (Å²) in [5.74, 6) is -0.892. The number of Topliss-reactive ketones (excluding diaryl/α,β-unsaturated/α-hetero) is 1. The molecular formula is C23H17N3O. The third kappa shape index (κ3) is 1.82. The van der Waals surface area contributed by atoms with Crippen LogP contribution in [0.4, 0.5) is 0 Å². The van der Waals surface area contributed by atoms with Gasteiger partial charge in [0.15, 0.2) is 0 Å². The number of rotatable bonds is 0. The molecule has 1 aromatic rings. The monoisotopic (exact) mass is 351 g/mol. The Morgan fingerprint density at radius 2 is 1.67 bits per heavy atom. The first-order chi connectivity index (χ1) is 13.1. The molecule has 1 saturated carbocycles. The molecule has 0 unspecified atom stereocenters. The highest BCUT2D eigenvalue weighted by molar-refractivity contribution is 5.88. The Balaban J connectivity index is 1.72. The molecule has 7 rings (SSSR count). The number of carbonyl (C=O) groups excluding carboxylic acids is 1. The molecule has 0 N–H and O–H groups in total. The van der Waals surface area contributed by atoms with Gasteiger partial charge in [-0.25, -0.2) is 0 Å². The summed E-state index contributed by atoms with van der Waals surface area (Å²) < 4.78 is 0. The van der Waals surface area contributed by atoms with Crippen LogP contribution < -0.4 is 0 Å². The van der Waals surface area contributed by atoms with Crippen LogP contribution in [-0.4, -0.2) is 5.78 Å². The Labute approximate surface area is 158 Å². The molecule has 6 aliphatic rings. The highest BCUT2D eigenvalue weighted by Crippen LogP contribution is 2.79. The molecule has 0 radical (unpaired) electrons. The average Bonchev–Trinajstić information content (AvgIpc) is 3.43. The van der Waals surface area contributed by atoms with E-state index in [-0.39, 0.29) is 17.6 Å². The van der Waals surface area contributed by atoms with Crippen LogP contribution in [0.5, 0.6) is 0 Å². The smallest absolute Gasteiger partial charge is 0.138 e. The summed E-state index contributed by atoms with van der Waals surface area (Å²) in [5.41, 5.74) is 1.96. The van der Waals surface area contributed by atoms with E-state index < -0.39 is 16.7 Å². The molecule has 0 saturated heterocycles. The van der Waals surface area contributed by atoms with Gasteiger partial charge in [0.2, 0.25) is 0 Å². The molecule has 4 heteroatoms. The second kappa shape index (κ2) is 5.18. The molecule has 0 amide bonds. The van der Waals surface area contributed by atoms with Crippen LogP contribution in [0.25, 0.3) is 0 Å². The number of aryl methyl sites for hydroxylation is 2. The molecule has 0 heterocycles. The fourth-order valence-corrected chi connectivity index (χ4v) is 5.94. The first kappa shape index (κ1) is 16.0. The van der Waals surface area contributed by atoms with E-state index in [2.05, 4.69) is 42.5 Å². The quantitative estimate of drug-likeness (QED) is 0.716. The van der Waals surface area contributed by atoms with Crippen molar-refractivity contribution in [2.75, 3.05) is 0 Å².